The molecular formula is C38H28N2O4. The van der Waals surface area contributed by atoms with E-state index in [0.717, 1.165) is 33.2 Å². The van der Waals surface area contributed by atoms with Crippen LogP contribution in [0.15, 0.2) is 133 Å². The van der Waals surface area contributed by atoms with E-state index in [1.54, 1.807) is 6.07 Å². The minimum atomic E-state index is -0.993. The summed E-state index contributed by atoms with van der Waals surface area (Å²) in [7, 11) is 0. The summed E-state index contributed by atoms with van der Waals surface area (Å²) >= 11 is 0. The first-order valence-electron chi connectivity index (χ1n) is 14.8. The molecule has 0 unspecified atom stereocenters. The van der Waals surface area contributed by atoms with Crippen molar-refractivity contribution in [1.29, 1.82) is 0 Å². The molecule has 5 aromatic rings. The molecule has 0 aliphatic carbocycles. The number of carbonyl (C=O) groups excluding carboxylic acids is 3. The number of amides is 2. The molecule has 3 heterocycles. The molecule has 4 atom stereocenters. The van der Waals surface area contributed by atoms with Crippen LogP contribution >= 0.6 is 0 Å². The highest BCUT2D eigenvalue weighted by atomic mass is 16.5. The van der Waals surface area contributed by atoms with Crippen LogP contribution in [0.3, 0.4) is 0 Å². The van der Waals surface area contributed by atoms with Gasteiger partial charge in [0.05, 0.1) is 23.6 Å². The molecule has 5 aromatic carbocycles. The molecule has 2 saturated heterocycles. The van der Waals surface area contributed by atoms with Gasteiger partial charge in [-0.05, 0) is 45.7 Å². The normalized spacial score (nSPS) is 21.8. The molecule has 2 fully saturated rings. The molecule has 8 rings (SSSR count). The second kappa shape index (κ2) is 10.3. The van der Waals surface area contributed by atoms with Gasteiger partial charge in [-0.15, -0.1) is 0 Å². The fourth-order valence-electron chi connectivity index (χ4n) is 7.12. The van der Waals surface area contributed by atoms with Crippen molar-refractivity contribution in [2.75, 3.05) is 9.80 Å². The van der Waals surface area contributed by atoms with Crippen LogP contribution in [-0.2, 0) is 19.1 Å². The van der Waals surface area contributed by atoms with Crippen molar-refractivity contribution in [3.05, 3.63) is 150 Å². The van der Waals surface area contributed by atoms with Gasteiger partial charge in [-0.2, -0.15) is 0 Å². The Labute approximate surface area is 254 Å². The Kier molecular flexibility index (Phi) is 6.15. The third-order valence-electron chi connectivity index (χ3n) is 9.09. The number of benzene rings is 5. The molecule has 2 amide bonds. The number of hydrogen-bond acceptors (Lipinski definition) is 5. The number of para-hydroxylation sites is 1. The maximum Gasteiger partial charge on any atom is 0.330 e. The topological polar surface area (TPSA) is 66.9 Å². The average Bonchev–Trinajstić information content (AvgIpc) is 3.56. The van der Waals surface area contributed by atoms with E-state index in [1.807, 2.05) is 138 Å². The molecule has 0 aromatic heterocycles. The Morgan fingerprint density at radius 3 is 2.00 bits per heavy atom. The highest BCUT2D eigenvalue weighted by Crippen LogP contribution is 2.50. The summed E-state index contributed by atoms with van der Waals surface area (Å²) < 4.78 is 6.37. The van der Waals surface area contributed by atoms with Crippen molar-refractivity contribution in [2.45, 2.75) is 18.2 Å². The van der Waals surface area contributed by atoms with Crippen LogP contribution in [-0.4, -0.2) is 29.9 Å². The number of fused-ring (bicyclic) bond motifs is 6. The molecule has 3 aliphatic heterocycles. The predicted molar refractivity (Wildman–Crippen MR) is 170 cm³/mol. The Morgan fingerprint density at radius 2 is 1.27 bits per heavy atom. The SMILES string of the molecule is O=C(OC(c1ccccc1)c1ccccc1)[C@@H]1[C@H]2C(=O)N(c3ccc4ccccc4c3)C(=O)[C@@H]2[C@H]2C=Cc3ccccc3N21. The van der Waals surface area contributed by atoms with Crippen LogP contribution in [0, 0.1) is 11.8 Å². The zero-order valence-corrected chi connectivity index (χ0v) is 23.7. The minimum Gasteiger partial charge on any atom is -0.451 e. The molecule has 3 aliphatic rings. The Morgan fingerprint density at radius 1 is 0.659 bits per heavy atom. The number of imide groups is 1. The maximum atomic E-state index is 14.5. The van der Waals surface area contributed by atoms with Crippen molar-refractivity contribution < 1.29 is 19.1 Å². The number of nitrogens with zero attached hydrogens (tertiary/aromatic N) is 2. The van der Waals surface area contributed by atoms with Crippen LogP contribution in [0.1, 0.15) is 22.8 Å². The lowest BCUT2D eigenvalue weighted by atomic mass is 9.88. The summed E-state index contributed by atoms with van der Waals surface area (Å²) in [5, 5.41) is 1.95. The van der Waals surface area contributed by atoms with Crippen molar-refractivity contribution >= 4 is 46.0 Å². The van der Waals surface area contributed by atoms with E-state index in [-0.39, 0.29) is 11.8 Å². The summed E-state index contributed by atoms with van der Waals surface area (Å²) in [6.07, 6.45) is 3.25. The fourth-order valence-corrected chi connectivity index (χ4v) is 7.12. The minimum absolute atomic E-state index is 0.299. The molecule has 6 nitrogen and oxygen atoms in total. The van der Waals surface area contributed by atoms with Crippen molar-refractivity contribution in [3.63, 3.8) is 0 Å². The van der Waals surface area contributed by atoms with Crippen LogP contribution in [0.25, 0.3) is 16.8 Å². The zero-order valence-electron chi connectivity index (χ0n) is 23.7. The second-order valence-electron chi connectivity index (χ2n) is 11.5. The highest BCUT2D eigenvalue weighted by Gasteiger charge is 2.65. The van der Waals surface area contributed by atoms with E-state index in [0.29, 0.717) is 5.69 Å². The zero-order chi connectivity index (χ0) is 29.8. The van der Waals surface area contributed by atoms with Gasteiger partial charge in [0.15, 0.2) is 6.10 Å². The molecule has 0 N–H and O–H groups in total. The first kappa shape index (κ1) is 26.2. The number of rotatable bonds is 5. The fraction of sp³-hybridized carbons (Fsp3) is 0.132. The monoisotopic (exact) mass is 576 g/mol. The molecular weight excluding hydrogens is 548 g/mol. The van der Waals surface area contributed by atoms with Gasteiger partial charge in [-0.25, -0.2) is 9.69 Å². The van der Waals surface area contributed by atoms with E-state index >= 15 is 0 Å². The van der Waals surface area contributed by atoms with Gasteiger partial charge < -0.3 is 9.64 Å². The first-order chi connectivity index (χ1) is 21.6. The van der Waals surface area contributed by atoms with E-state index < -0.39 is 36.0 Å². The van der Waals surface area contributed by atoms with Crippen LogP contribution in [0.2, 0.25) is 0 Å². The Hall–Kier alpha value is -5.49. The van der Waals surface area contributed by atoms with Crippen molar-refractivity contribution in [3.8, 4) is 0 Å². The van der Waals surface area contributed by atoms with Gasteiger partial charge in [0.2, 0.25) is 11.8 Å². The standard InChI is InChI=1S/C38H28N2O4/c41-36-32-31-22-20-25-12-9-10-18-30(25)40(31)34(33(32)37(42)39(36)29-21-19-24-11-7-8-17-28(24)23-29)38(43)44-35(26-13-3-1-4-14-26)27-15-5-2-6-16-27/h1-23,31-35H/t31-,32-,33+,34+/m1/s1. The molecule has 0 bridgehead atoms. The van der Waals surface area contributed by atoms with Gasteiger partial charge in [0, 0.05) is 5.69 Å². The number of esters is 1. The van der Waals surface area contributed by atoms with Gasteiger partial charge in [0.1, 0.15) is 6.04 Å². The average molecular weight is 577 g/mol. The number of hydrogen-bond donors (Lipinski definition) is 0. The van der Waals surface area contributed by atoms with Crippen molar-refractivity contribution in [2.24, 2.45) is 11.8 Å². The highest BCUT2D eigenvalue weighted by molar-refractivity contribution is 6.25. The summed E-state index contributed by atoms with van der Waals surface area (Å²) in [6, 6.07) is 38.9. The smallest absolute Gasteiger partial charge is 0.330 e. The lowest BCUT2D eigenvalue weighted by Crippen LogP contribution is -2.49. The van der Waals surface area contributed by atoms with E-state index in [2.05, 4.69) is 0 Å². The summed E-state index contributed by atoms with van der Waals surface area (Å²) in [4.78, 5) is 46.3. The van der Waals surface area contributed by atoms with Crippen LogP contribution in [0.5, 0.6) is 0 Å². The Bertz CT molecular complexity index is 1910. The Balaban J connectivity index is 1.22. The molecule has 0 radical (unpaired) electrons. The number of anilines is 2. The first-order valence-corrected chi connectivity index (χ1v) is 14.8. The van der Waals surface area contributed by atoms with Gasteiger partial charge in [-0.3, -0.25) is 9.59 Å². The third-order valence-corrected chi connectivity index (χ3v) is 9.09. The largest absolute Gasteiger partial charge is 0.451 e. The molecule has 6 heteroatoms. The maximum absolute atomic E-state index is 14.5. The van der Waals surface area contributed by atoms with Crippen LogP contribution < -0.4 is 9.80 Å². The van der Waals surface area contributed by atoms with Gasteiger partial charge in [-0.1, -0.05) is 121 Å². The second-order valence-corrected chi connectivity index (χ2v) is 11.5. The lowest BCUT2D eigenvalue weighted by Gasteiger charge is -2.36. The van der Waals surface area contributed by atoms with Gasteiger partial charge >= 0.3 is 5.97 Å². The van der Waals surface area contributed by atoms with Crippen molar-refractivity contribution in [1.82, 2.24) is 0 Å². The predicted octanol–water partition coefficient (Wildman–Crippen LogP) is 6.56. The molecule has 44 heavy (non-hydrogen) atoms. The summed E-state index contributed by atoms with van der Waals surface area (Å²) in [6.45, 7) is 0. The number of ether oxygens (including phenoxy) is 1. The molecule has 214 valence electrons. The van der Waals surface area contributed by atoms with Crippen LogP contribution in [0.4, 0.5) is 11.4 Å². The third kappa shape index (κ3) is 4.06. The lowest BCUT2D eigenvalue weighted by molar-refractivity contribution is -0.151. The van der Waals surface area contributed by atoms with E-state index in [4.69, 9.17) is 4.74 Å². The van der Waals surface area contributed by atoms with E-state index in [1.165, 1.54) is 4.90 Å². The molecule has 0 spiro atoms. The summed E-state index contributed by atoms with van der Waals surface area (Å²) in [5.74, 6) is -2.86. The summed E-state index contributed by atoms with van der Waals surface area (Å²) in [5.41, 5.74) is 3.89. The number of carbonyl (C=O) groups is 3. The van der Waals surface area contributed by atoms with Gasteiger partial charge in [0.25, 0.3) is 0 Å². The quantitative estimate of drug-likeness (QED) is 0.175. The van der Waals surface area contributed by atoms with E-state index in [9.17, 15) is 14.4 Å². The molecule has 0 saturated carbocycles.